The first-order chi connectivity index (χ1) is 11.0. The summed E-state index contributed by atoms with van der Waals surface area (Å²) in [6.07, 6.45) is 2.71. The van der Waals surface area contributed by atoms with Gasteiger partial charge in [0.25, 0.3) is 5.69 Å². The van der Waals surface area contributed by atoms with Gasteiger partial charge in [-0.3, -0.25) is 14.9 Å². The maximum atomic E-state index is 12.0. The molecule has 0 aliphatic carbocycles. The Bertz CT molecular complexity index is 759. The lowest BCUT2D eigenvalue weighted by Crippen LogP contribution is -2.24. The Labute approximate surface area is 138 Å². The van der Waals surface area contributed by atoms with Crippen molar-refractivity contribution in [1.82, 2.24) is 5.32 Å². The van der Waals surface area contributed by atoms with Crippen LogP contribution < -0.4 is 5.32 Å². The van der Waals surface area contributed by atoms with Crippen molar-refractivity contribution in [2.45, 2.75) is 13.0 Å². The number of halogens is 1. The van der Waals surface area contributed by atoms with Gasteiger partial charge in [-0.25, -0.2) is 0 Å². The Hall–Kier alpha value is -2.66. The summed E-state index contributed by atoms with van der Waals surface area (Å²) >= 11 is 5.92. The molecule has 1 unspecified atom stereocenters. The van der Waals surface area contributed by atoms with Gasteiger partial charge in [-0.2, -0.15) is 0 Å². The second kappa shape index (κ2) is 7.56. The van der Waals surface area contributed by atoms with E-state index in [0.29, 0.717) is 10.6 Å². The number of para-hydroxylation sites is 1. The predicted octanol–water partition coefficient (Wildman–Crippen LogP) is 4.14. The van der Waals surface area contributed by atoms with Gasteiger partial charge < -0.3 is 5.32 Å². The fraction of sp³-hybridized carbons (Fsp3) is 0.118. The van der Waals surface area contributed by atoms with E-state index in [2.05, 4.69) is 5.32 Å². The molecular weight excluding hydrogens is 316 g/mol. The summed E-state index contributed by atoms with van der Waals surface area (Å²) in [5.41, 5.74) is 1.22. The lowest BCUT2D eigenvalue weighted by molar-refractivity contribution is -0.385. The zero-order valence-corrected chi connectivity index (χ0v) is 13.2. The van der Waals surface area contributed by atoms with Gasteiger partial charge in [0.1, 0.15) is 0 Å². The van der Waals surface area contributed by atoms with E-state index in [0.717, 1.165) is 5.56 Å². The van der Waals surface area contributed by atoms with Gasteiger partial charge >= 0.3 is 0 Å². The number of nitrogens with one attached hydrogen (secondary N) is 1. The van der Waals surface area contributed by atoms with Gasteiger partial charge in [0.2, 0.25) is 5.91 Å². The van der Waals surface area contributed by atoms with Gasteiger partial charge in [0, 0.05) is 17.2 Å². The van der Waals surface area contributed by atoms with Crippen LogP contribution in [0.2, 0.25) is 5.02 Å². The van der Waals surface area contributed by atoms with Crippen LogP contribution in [0.15, 0.2) is 54.6 Å². The average molecular weight is 331 g/mol. The number of hydrogen-bond acceptors (Lipinski definition) is 3. The molecule has 0 aromatic heterocycles. The van der Waals surface area contributed by atoms with Crippen molar-refractivity contribution in [2.75, 3.05) is 0 Å². The summed E-state index contributed by atoms with van der Waals surface area (Å²) in [6, 6.07) is 13.2. The van der Waals surface area contributed by atoms with Gasteiger partial charge in [-0.15, -0.1) is 0 Å². The quantitative estimate of drug-likeness (QED) is 0.508. The molecule has 0 saturated carbocycles. The first kappa shape index (κ1) is 16.7. The Morgan fingerprint density at radius 2 is 2.00 bits per heavy atom. The Balaban J connectivity index is 2.06. The second-order valence-electron chi connectivity index (χ2n) is 4.93. The third-order valence-electron chi connectivity index (χ3n) is 3.26. The molecular formula is C17H15ClN2O3. The van der Waals surface area contributed by atoms with Crippen molar-refractivity contribution >= 4 is 29.3 Å². The van der Waals surface area contributed by atoms with E-state index in [9.17, 15) is 14.9 Å². The summed E-state index contributed by atoms with van der Waals surface area (Å²) in [5, 5.41) is 14.3. The maximum absolute atomic E-state index is 12.0. The maximum Gasteiger partial charge on any atom is 0.276 e. The van der Waals surface area contributed by atoms with Crippen molar-refractivity contribution in [1.29, 1.82) is 0 Å². The molecule has 1 N–H and O–H groups in total. The van der Waals surface area contributed by atoms with Crippen molar-refractivity contribution < 1.29 is 9.72 Å². The molecule has 1 atom stereocenters. The number of carbonyl (C=O) groups excluding carboxylic acids is 1. The third kappa shape index (κ3) is 4.66. The number of benzene rings is 2. The topological polar surface area (TPSA) is 72.2 Å². The number of nitro benzene ring substituents is 1. The SMILES string of the molecule is CC(NC(=O)/C=C/c1ccccc1[N+](=O)[O-])c1cccc(Cl)c1. The van der Waals surface area contributed by atoms with Gasteiger partial charge in [0.05, 0.1) is 16.5 Å². The molecule has 23 heavy (non-hydrogen) atoms. The van der Waals surface area contributed by atoms with Crippen LogP contribution in [0, 0.1) is 10.1 Å². The molecule has 6 heteroatoms. The number of amides is 1. The van der Waals surface area contributed by atoms with Crippen LogP contribution in [-0.4, -0.2) is 10.8 Å². The van der Waals surface area contributed by atoms with E-state index in [-0.39, 0.29) is 17.6 Å². The third-order valence-corrected chi connectivity index (χ3v) is 3.49. The minimum absolute atomic E-state index is 0.0422. The molecule has 5 nitrogen and oxygen atoms in total. The number of carbonyl (C=O) groups is 1. The lowest BCUT2D eigenvalue weighted by Gasteiger charge is -2.13. The van der Waals surface area contributed by atoms with Crippen molar-refractivity contribution in [3.05, 3.63) is 80.9 Å². The first-order valence-electron chi connectivity index (χ1n) is 6.95. The fourth-order valence-corrected chi connectivity index (χ4v) is 2.28. The molecule has 0 bridgehead atoms. The summed E-state index contributed by atoms with van der Waals surface area (Å²) in [4.78, 5) is 22.4. The molecule has 118 valence electrons. The van der Waals surface area contributed by atoms with E-state index >= 15 is 0 Å². The molecule has 0 aliphatic rings. The predicted molar refractivity (Wildman–Crippen MR) is 90.1 cm³/mol. The molecule has 0 radical (unpaired) electrons. The Kier molecular flexibility index (Phi) is 5.49. The van der Waals surface area contributed by atoms with Crippen LogP contribution in [0.4, 0.5) is 5.69 Å². The highest BCUT2D eigenvalue weighted by Gasteiger charge is 2.11. The minimum atomic E-state index is -0.480. The van der Waals surface area contributed by atoms with Crippen LogP contribution in [-0.2, 0) is 4.79 Å². The molecule has 0 heterocycles. The highest BCUT2D eigenvalue weighted by Crippen LogP contribution is 2.19. The standard InChI is InChI=1S/C17H15ClN2O3/c1-12(14-6-4-7-15(18)11-14)19-17(21)10-9-13-5-2-3-8-16(13)20(22)23/h2-12H,1H3,(H,19,21)/b10-9+. The van der Waals surface area contributed by atoms with Gasteiger partial charge in [-0.1, -0.05) is 35.9 Å². The fourth-order valence-electron chi connectivity index (χ4n) is 2.08. The molecule has 2 aromatic rings. The van der Waals surface area contributed by atoms with E-state index < -0.39 is 4.92 Å². The van der Waals surface area contributed by atoms with Gasteiger partial charge in [-0.05, 0) is 36.8 Å². The average Bonchev–Trinajstić information content (AvgIpc) is 2.53. The van der Waals surface area contributed by atoms with Crippen LogP contribution in [0.25, 0.3) is 6.08 Å². The molecule has 0 fully saturated rings. The second-order valence-corrected chi connectivity index (χ2v) is 5.37. The lowest BCUT2D eigenvalue weighted by atomic mass is 10.1. The number of nitrogens with zero attached hydrogens (tertiary/aromatic N) is 1. The zero-order valence-electron chi connectivity index (χ0n) is 12.4. The van der Waals surface area contributed by atoms with E-state index in [1.54, 1.807) is 30.3 Å². The summed E-state index contributed by atoms with van der Waals surface area (Å²) in [6.45, 7) is 1.84. The van der Waals surface area contributed by atoms with Crippen molar-refractivity contribution in [2.24, 2.45) is 0 Å². The van der Waals surface area contributed by atoms with E-state index in [1.165, 1.54) is 18.2 Å². The monoisotopic (exact) mass is 330 g/mol. The van der Waals surface area contributed by atoms with Crippen LogP contribution >= 0.6 is 11.6 Å². The van der Waals surface area contributed by atoms with Gasteiger partial charge in [0.15, 0.2) is 0 Å². The van der Waals surface area contributed by atoms with Crippen LogP contribution in [0.5, 0.6) is 0 Å². The molecule has 2 rings (SSSR count). The summed E-state index contributed by atoms with van der Waals surface area (Å²) < 4.78 is 0. The van der Waals surface area contributed by atoms with Crippen LogP contribution in [0.1, 0.15) is 24.1 Å². The number of nitro groups is 1. The first-order valence-corrected chi connectivity index (χ1v) is 7.32. The zero-order chi connectivity index (χ0) is 16.8. The summed E-state index contributed by atoms with van der Waals surface area (Å²) in [5.74, 6) is -0.337. The number of hydrogen-bond donors (Lipinski definition) is 1. The molecule has 1 amide bonds. The highest BCUT2D eigenvalue weighted by atomic mass is 35.5. The molecule has 0 saturated heterocycles. The largest absolute Gasteiger partial charge is 0.346 e. The van der Waals surface area contributed by atoms with Crippen molar-refractivity contribution in [3.63, 3.8) is 0 Å². The smallest absolute Gasteiger partial charge is 0.276 e. The summed E-state index contributed by atoms with van der Waals surface area (Å²) in [7, 11) is 0. The molecule has 0 spiro atoms. The van der Waals surface area contributed by atoms with Crippen molar-refractivity contribution in [3.8, 4) is 0 Å². The Morgan fingerprint density at radius 3 is 2.70 bits per heavy atom. The molecule has 0 aliphatic heterocycles. The highest BCUT2D eigenvalue weighted by molar-refractivity contribution is 6.30. The normalized spacial score (nSPS) is 12.1. The van der Waals surface area contributed by atoms with Crippen LogP contribution in [0.3, 0.4) is 0 Å². The Morgan fingerprint density at radius 1 is 1.26 bits per heavy atom. The minimum Gasteiger partial charge on any atom is -0.346 e. The van der Waals surface area contributed by atoms with E-state index in [1.807, 2.05) is 19.1 Å². The van der Waals surface area contributed by atoms with E-state index in [4.69, 9.17) is 11.6 Å². The number of rotatable bonds is 5. The molecule has 2 aromatic carbocycles.